The van der Waals surface area contributed by atoms with E-state index in [4.69, 9.17) is 16.0 Å². The molecule has 1 atom stereocenters. The molecule has 35 heavy (non-hydrogen) atoms. The first kappa shape index (κ1) is 25.6. The van der Waals surface area contributed by atoms with E-state index < -0.39 is 27.9 Å². The minimum Gasteiger partial charge on any atom is -0.480 e. The third-order valence-electron chi connectivity index (χ3n) is 4.59. The number of aliphatic imine (C=N–C) groups is 1. The molecule has 186 valence electrons. The largest absolute Gasteiger partial charge is 0.480 e. The number of carbonyl (C=O) groups is 2. The first-order chi connectivity index (χ1) is 16.6. The topological polar surface area (TPSA) is 216 Å². The number of aromatic nitrogens is 2. The van der Waals surface area contributed by atoms with Gasteiger partial charge < -0.3 is 26.4 Å². The van der Waals surface area contributed by atoms with Crippen molar-refractivity contribution in [2.45, 2.75) is 30.7 Å². The number of amides is 1. The lowest BCUT2D eigenvalue weighted by Gasteiger charge is -2.15. The zero-order valence-electron chi connectivity index (χ0n) is 18.5. The van der Waals surface area contributed by atoms with Crippen molar-refractivity contribution in [3.8, 4) is 11.4 Å². The Balaban J connectivity index is 1.74. The normalized spacial score (nSPS) is 12.0. The van der Waals surface area contributed by atoms with Gasteiger partial charge in [-0.25, -0.2) is 13.2 Å². The van der Waals surface area contributed by atoms with E-state index in [1.54, 1.807) is 13.0 Å². The first-order valence-electron chi connectivity index (χ1n) is 10.2. The Morgan fingerprint density at radius 2 is 2.06 bits per heavy atom. The summed E-state index contributed by atoms with van der Waals surface area (Å²) in [5.74, 6) is -1.53. The van der Waals surface area contributed by atoms with Crippen molar-refractivity contribution in [1.82, 2.24) is 15.5 Å². The molecule has 0 saturated carbocycles. The lowest BCUT2D eigenvalue weighted by molar-refractivity contribution is -0.139. The standard InChI is InChI=1S/C20H23N7O6S2/c1-11-24-17(26-33-11)12-4-2-5-13(10-12)35(31,32)27-14-7-9-34-16(14)18(28)25-15(19(29)30)6-3-8-23-20(21)22/h2,4-5,7,9-10,15,27H,3,6,8H2,1H3,(H,25,28)(H,29,30)(H4,21,22,23)/t15-/m0/s1. The van der Waals surface area contributed by atoms with Gasteiger partial charge in [0.15, 0.2) is 5.96 Å². The highest BCUT2D eigenvalue weighted by atomic mass is 32.2. The second kappa shape index (κ2) is 11.0. The molecule has 0 aliphatic carbocycles. The number of carboxylic acid groups (broad SMARTS) is 1. The van der Waals surface area contributed by atoms with Crippen molar-refractivity contribution in [1.29, 1.82) is 0 Å². The van der Waals surface area contributed by atoms with Gasteiger partial charge in [0, 0.05) is 19.0 Å². The number of thiophene rings is 1. The average Bonchev–Trinajstić information content (AvgIpc) is 3.44. The molecule has 0 unspecified atom stereocenters. The number of nitrogens with one attached hydrogen (secondary N) is 2. The average molecular weight is 522 g/mol. The SMILES string of the molecule is Cc1nc(-c2cccc(S(=O)(=O)Nc3ccsc3C(=O)N[C@@H](CCCN=C(N)N)C(=O)O)c2)no1. The summed E-state index contributed by atoms with van der Waals surface area (Å²) in [6.07, 6.45) is 0.391. The number of carbonyl (C=O) groups excluding carboxylic acids is 1. The Hall–Kier alpha value is -3.98. The molecular formula is C20H23N7O6S2. The van der Waals surface area contributed by atoms with Crippen LogP contribution in [0.25, 0.3) is 11.4 Å². The quantitative estimate of drug-likeness (QED) is 0.138. The van der Waals surface area contributed by atoms with Gasteiger partial charge >= 0.3 is 5.97 Å². The molecule has 0 aliphatic heterocycles. The van der Waals surface area contributed by atoms with Gasteiger partial charge in [-0.15, -0.1) is 11.3 Å². The van der Waals surface area contributed by atoms with Crippen LogP contribution in [0.1, 0.15) is 28.4 Å². The van der Waals surface area contributed by atoms with Crippen molar-refractivity contribution in [2.24, 2.45) is 16.5 Å². The lowest BCUT2D eigenvalue weighted by Crippen LogP contribution is -2.40. The number of hydrogen-bond donors (Lipinski definition) is 5. The van der Waals surface area contributed by atoms with Crippen LogP contribution in [-0.2, 0) is 14.8 Å². The summed E-state index contributed by atoms with van der Waals surface area (Å²) in [6.45, 7) is 1.81. The smallest absolute Gasteiger partial charge is 0.326 e. The molecule has 2 aromatic heterocycles. The molecule has 0 fully saturated rings. The van der Waals surface area contributed by atoms with Crippen LogP contribution in [0.5, 0.6) is 0 Å². The Morgan fingerprint density at radius 3 is 2.71 bits per heavy atom. The fourth-order valence-corrected chi connectivity index (χ4v) is 4.91. The van der Waals surface area contributed by atoms with Crippen LogP contribution >= 0.6 is 11.3 Å². The summed E-state index contributed by atoms with van der Waals surface area (Å²) in [6, 6.07) is 6.11. The molecule has 2 heterocycles. The molecule has 3 rings (SSSR count). The Morgan fingerprint density at radius 1 is 1.29 bits per heavy atom. The van der Waals surface area contributed by atoms with E-state index in [1.165, 1.54) is 29.6 Å². The summed E-state index contributed by atoms with van der Waals surface area (Å²) in [5, 5.41) is 17.1. The van der Waals surface area contributed by atoms with Gasteiger partial charge in [-0.1, -0.05) is 17.3 Å². The minimum atomic E-state index is -4.10. The third kappa shape index (κ3) is 6.77. The van der Waals surface area contributed by atoms with Gasteiger partial charge in [-0.3, -0.25) is 14.5 Å². The number of anilines is 1. The maximum atomic E-state index is 13.0. The van der Waals surface area contributed by atoms with Gasteiger partial charge in [-0.2, -0.15) is 4.98 Å². The van der Waals surface area contributed by atoms with Gasteiger partial charge in [0.1, 0.15) is 10.9 Å². The Bertz CT molecular complexity index is 1350. The summed E-state index contributed by atoms with van der Waals surface area (Å²) < 4.78 is 33.3. The van der Waals surface area contributed by atoms with Gasteiger partial charge in [-0.05, 0) is 36.4 Å². The van der Waals surface area contributed by atoms with E-state index in [1.807, 2.05) is 0 Å². The second-order valence-electron chi connectivity index (χ2n) is 7.25. The lowest BCUT2D eigenvalue weighted by atomic mass is 10.1. The number of sulfonamides is 1. The highest BCUT2D eigenvalue weighted by Crippen LogP contribution is 2.27. The van der Waals surface area contributed by atoms with E-state index in [9.17, 15) is 23.1 Å². The molecule has 1 amide bonds. The molecule has 0 radical (unpaired) electrons. The predicted molar refractivity (Wildman–Crippen MR) is 128 cm³/mol. The monoisotopic (exact) mass is 521 g/mol. The number of hydrogen-bond acceptors (Lipinski definition) is 9. The fourth-order valence-electron chi connectivity index (χ4n) is 2.97. The molecule has 7 N–H and O–H groups in total. The first-order valence-corrected chi connectivity index (χ1v) is 12.5. The van der Waals surface area contributed by atoms with Crippen molar-refractivity contribution >= 4 is 44.9 Å². The van der Waals surface area contributed by atoms with Crippen LogP contribution < -0.4 is 21.5 Å². The van der Waals surface area contributed by atoms with Crippen molar-refractivity contribution in [3.05, 3.63) is 46.5 Å². The Labute approximate surface area is 204 Å². The number of aryl methyl sites for hydroxylation is 1. The number of guanidine groups is 1. The summed E-state index contributed by atoms with van der Waals surface area (Å²) >= 11 is 0.963. The van der Waals surface area contributed by atoms with E-state index in [2.05, 4.69) is 25.2 Å². The molecular weight excluding hydrogens is 498 g/mol. The van der Waals surface area contributed by atoms with Gasteiger partial charge in [0.25, 0.3) is 15.9 Å². The van der Waals surface area contributed by atoms with E-state index in [0.717, 1.165) is 11.3 Å². The second-order valence-corrected chi connectivity index (χ2v) is 9.85. The van der Waals surface area contributed by atoms with E-state index in [0.29, 0.717) is 17.9 Å². The number of nitrogens with two attached hydrogens (primary N) is 2. The maximum absolute atomic E-state index is 13.0. The molecule has 13 nitrogen and oxygen atoms in total. The third-order valence-corrected chi connectivity index (χ3v) is 6.87. The van der Waals surface area contributed by atoms with Crippen LogP contribution in [-0.4, -0.2) is 54.1 Å². The number of nitrogens with zero attached hydrogens (tertiary/aromatic N) is 3. The number of aliphatic carboxylic acids is 1. The minimum absolute atomic E-state index is 0.00833. The van der Waals surface area contributed by atoms with Crippen LogP contribution in [0.3, 0.4) is 0 Å². The van der Waals surface area contributed by atoms with Crippen LogP contribution in [0.2, 0.25) is 0 Å². The van der Waals surface area contributed by atoms with Crippen LogP contribution in [0.4, 0.5) is 5.69 Å². The predicted octanol–water partition coefficient (Wildman–Crippen LogP) is 1.14. The molecule has 15 heteroatoms. The van der Waals surface area contributed by atoms with Crippen LogP contribution in [0.15, 0.2) is 50.1 Å². The molecule has 1 aromatic carbocycles. The summed E-state index contributed by atoms with van der Waals surface area (Å²) in [4.78, 5) is 32.1. The number of benzene rings is 1. The number of rotatable bonds is 11. The fraction of sp³-hybridized carbons (Fsp3) is 0.250. The highest BCUT2D eigenvalue weighted by molar-refractivity contribution is 7.92. The van der Waals surface area contributed by atoms with Gasteiger partial charge in [0.05, 0.1) is 10.6 Å². The zero-order valence-corrected chi connectivity index (χ0v) is 20.1. The van der Waals surface area contributed by atoms with E-state index in [-0.39, 0.29) is 40.2 Å². The van der Waals surface area contributed by atoms with Crippen molar-refractivity contribution < 1.29 is 27.6 Å². The molecule has 3 aromatic rings. The molecule has 0 saturated heterocycles. The maximum Gasteiger partial charge on any atom is 0.326 e. The number of carboxylic acids is 1. The molecule has 0 spiro atoms. The zero-order chi connectivity index (χ0) is 25.6. The van der Waals surface area contributed by atoms with Crippen molar-refractivity contribution in [2.75, 3.05) is 11.3 Å². The van der Waals surface area contributed by atoms with E-state index >= 15 is 0 Å². The highest BCUT2D eigenvalue weighted by Gasteiger charge is 2.25. The van der Waals surface area contributed by atoms with Crippen molar-refractivity contribution in [3.63, 3.8) is 0 Å². The molecule has 0 aliphatic rings. The Kier molecular flexibility index (Phi) is 8.03. The summed E-state index contributed by atoms with van der Waals surface area (Å²) in [7, 11) is -4.10. The summed E-state index contributed by atoms with van der Waals surface area (Å²) in [5.41, 5.74) is 10.9. The molecule has 0 bridgehead atoms. The van der Waals surface area contributed by atoms with Gasteiger partial charge in [0.2, 0.25) is 11.7 Å². The van der Waals surface area contributed by atoms with Crippen LogP contribution in [0, 0.1) is 6.92 Å².